The molecular formula is C27H26N2O4S. The van der Waals surface area contributed by atoms with Gasteiger partial charge in [-0.3, -0.25) is 4.79 Å². The van der Waals surface area contributed by atoms with E-state index in [0.29, 0.717) is 36.1 Å². The van der Waals surface area contributed by atoms with E-state index >= 15 is 0 Å². The van der Waals surface area contributed by atoms with Crippen LogP contribution in [0.2, 0.25) is 0 Å². The quantitative estimate of drug-likeness (QED) is 0.306. The second-order valence-corrected chi connectivity index (χ2v) is 8.43. The van der Waals surface area contributed by atoms with Gasteiger partial charge in [0.2, 0.25) is 5.91 Å². The normalized spacial score (nSPS) is 10.5. The standard InChI is InChI=1S/C27H26N2O4S/c1-31-22-12-10-21(11-13-22)23-18-34-27(28-23)29-26(30)15-9-19-8-14-24(25(16-19)32-2)33-17-20-6-4-3-5-7-20/h3-8,10-14,16,18H,9,15,17H2,1-2H3,(H,28,29,30). The number of benzene rings is 3. The van der Waals surface area contributed by atoms with Gasteiger partial charge >= 0.3 is 0 Å². The Morgan fingerprint density at radius 2 is 1.71 bits per heavy atom. The van der Waals surface area contributed by atoms with Gasteiger partial charge in [-0.05, 0) is 53.9 Å². The van der Waals surface area contributed by atoms with Crippen LogP contribution >= 0.6 is 11.3 Å². The highest BCUT2D eigenvalue weighted by molar-refractivity contribution is 7.14. The van der Waals surface area contributed by atoms with Crippen LogP contribution in [0.4, 0.5) is 5.13 Å². The van der Waals surface area contributed by atoms with Crippen LogP contribution < -0.4 is 19.5 Å². The summed E-state index contributed by atoms with van der Waals surface area (Å²) in [4.78, 5) is 17.0. The first-order valence-corrected chi connectivity index (χ1v) is 11.8. The van der Waals surface area contributed by atoms with Crippen LogP contribution in [-0.4, -0.2) is 25.1 Å². The van der Waals surface area contributed by atoms with Crippen LogP contribution in [0.25, 0.3) is 11.3 Å². The lowest BCUT2D eigenvalue weighted by atomic mass is 10.1. The van der Waals surface area contributed by atoms with E-state index in [1.807, 2.05) is 78.2 Å². The molecule has 0 spiro atoms. The molecule has 0 aliphatic heterocycles. The molecule has 0 radical (unpaired) electrons. The Balaban J connectivity index is 1.30. The van der Waals surface area contributed by atoms with Crippen molar-refractivity contribution in [1.29, 1.82) is 0 Å². The maximum atomic E-state index is 12.5. The number of hydrogen-bond acceptors (Lipinski definition) is 6. The van der Waals surface area contributed by atoms with Crippen molar-refractivity contribution in [3.05, 3.63) is 89.3 Å². The molecule has 0 atom stereocenters. The molecule has 0 fully saturated rings. The van der Waals surface area contributed by atoms with Gasteiger partial charge in [0.15, 0.2) is 16.6 Å². The molecule has 6 nitrogen and oxygen atoms in total. The third-order valence-corrected chi connectivity index (χ3v) is 6.00. The summed E-state index contributed by atoms with van der Waals surface area (Å²) in [6.07, 6.45) is 0.919. The van der Waals surface area contributed by atoms with E-state index < -0.39 is 0 Å². The van der Waals surface area contributed by atoms with Gasteiger partial charge in [0.25, 0.3) is 0 Å². The predicted octanol–water partition coefficient (Wildman–Crippen LogP) is 5.98. The molecule has 4 rings (SSSR count). The Morgan fingerprint density at radius 3 is 2.44 bits per heavy atom. The number of aromatic nitrogens is 1. The van der Waals surface area contributed by atoms with Gasteiger partial charge in [-0.25, -0.2) is 4.98 Å². The number of methoxy groups -OCH3 is 2. The molecule has 0 saturated heterocycles. The van der Waals surface area contributed by atoms with Gasteiger partial charge in [0.1, 0.15) is 12.4 Å². The Kier molecular flexibility index (Phi) is 7.78. The summed E-state index contributed by atoms with van der Waals surface area (Å²) >= 11 is 1.41. The van der Waals surface area contributed by atoms with Crippen molar-refractivity contribution >= 4 is 22.4 Å². The van der Waals surface area contributed by atoms with E-state index in [0.717, 1.165) is 28.1 Å². The third-order valence-electron chi connectivity index (χ3n) is 5.24. The van der Waals surface area contributed by atoms with Crippen molar-refractivity contribution in [3.8, 4) is 28.5 Å². The van der Waals surface area contributed by atoms with Gasteiger partial charge in [0.05, 0.1) is 19.9 Å². The minimum atomic E-state index is -0.0843. The van der Waals surface area contributed by atoms with E-state index in [1.165, 1.54) is 11.3 Å². The summed E-state index contributed by atoms with van der Waals surface area (Å²) in [6, 6.07) is 23.4. The summed E-state index contributed by atoms with van der Waals surface area (Å²) in [5.41, 5.74) is 3.87. The molecule has 174 valence electrons. The summed E-state index contributed by atoms with van der Waals surface area (Å²) < 4.78 is 16.6. The summed E-state index contributed by atoms with van der Waals surface area (Å²) in [5, 5.41) is 5.40. The highest BCUT2D eigenvalue weighted by Gasteiger charge is 2.11. The Labute approximate surface area is 203 Å². The SMILES string of the molecule is COc1ccc(-c2csc(NC(=O)CCc3ccc(OCc4ccccc4)c(OC)c3)n2)cc1. The summed E-state index contributed by atoms with van der Waals surface area (Å²) in [7, 11) is 3.25. The Morgan fingerprint density at radius 1 is 0.912 bits per heavy atom. The number of carbonyl (C=O) groups excluding carboxylic acids is 1. The van der Waals surface area contributed by atoms with Crippen LogP contribution in [0.3, 0.4) is 0 Å². The number of hydrogen-bond donors (Lipinski definition) is 1. The van der Waals surface area contributed by atoms with Gasteiger partial charge in [-0.1, -0.05) is 36.4 Å². The number of nitrogens with zero attached hydrogens (tertiary/aromatic N) is 1. The number of anilines is 1. The van der Waals surface area contributed by atoms with Crippen molar-refractivity contribution in [3.63, 3.8) is 0 Å². The summed E-state index contributed by atoms with van der Waals surface area (Å²) in [6.45, 7) is 0.464. The van der Waals surface area contributed by atoms with Crippen LogP contribution in [0.15, 0.2) is 78.2 Å². The molecule has 4 aromatic rings. The van der Waals surface area contributed by atoms with Crippen molar-refractivity contribution < 1.29 is 19.0 Å². The molecule has 0 aliphatic carbocycles. The lowest BCUT2D eigenvalue weighted by molar-refractivity contribution is -0.116. The zero-order valence-corrected chi connectivity index (χ0v) is 19.9. The monoisotopic (exact) mass is 474 g/mol. The van der Waals surface area contributed by atoms with E-state index in [2.05, 4.69) is 10.3 Å². The van der Waals surface area contributed by atoms with Gasteiger partial charge < -0.3 is 19.5 Å². The van der Waals surface area contributed by atoms with Crippen molar-refractivity contribution in [2.75, 3.05) is 19.5 Å². The summed E-state index contributed by atoms with van der Waals surface area (Å²) in [5.74, 6) is 2.03. The number of rotatable bonds is 10. The molecular weight excluding hydrogens is 448 g/mol. The second kappa shape index (κ2) is 11.3. The van der Waals surface area contributed by atoms with Gasteiger partial charge in [-0.2, -0.15) is 0 Å². The number of aryl methyl sites for hydroxylation is 1. The van der Waals surface area contributed by atoms with E-state index in [1.54, 1.807) is 14.2 Å². The fraction of sp³-hybridized carbons (Fsp3) is 0.185. The molecule has 0 unspecified atom stereocenters. The van der Waals surface area contributed by atoms with Crippen molar-refractivity contribution in [2.45, 2.75) is 19.4 Å². The largest absolute Gasteiger partial charge is 0.497 e. The minimum absolute atomic E-state index is 0.0843. The number of thiazole rings is 1. The van der Waals surface area contributed by atoms with E-state index in [-0.39, 0.29) is 5.91 Å². The Hall–Kier alpha value is -3.84. The maximum Gasteiger partial charge on any atom is 0.226 e. The maximum absolute atomic E-state index is 12.5. The molecule has 1 aromatic heterocycles. The van der Waals surface area contributed by atoms with E-state index in [9.17, 15) is 4.79 Å². The zero-order chi connectivity index (χ0) is 23.8. The molecule has 1 heterocycles. The number of amides is 1. The zero-order valence-electron chi connectivity index (χ0n) is 19.1. The number of ether oxygens (including phenoxy) is 3. The molecule has 1 amide bonds. The first-order valence-electron chi connectivity index (χ1n) is 10.9. The molecule has 7 heteroatoms. The molecule has 0 saturated carbocycles. The first-order chi connectivity index (χ1) is 16.6. The predicted molar refractivity (Wildman–Crippen MR) is 135 cm³/mol. The average molecular weight is 475 g/mol. The van der Waals surface area contributed by atoms with Crippen molar-refractivity contribution in [2.24, 2.45) is 0 Å². The number of nitrogens with one attached hydrogen (secondary N) is 1. The Bertz CT molecular complexity index is 1220. The van der Waals surface area contributed by atoms with Crippen LogP contribution in [0.5, 0.6) is 17.2 Å². The second-order valence-electron chi connectivity index (χ2n) is 7.57. The fourth-order valence-corrected chi connectivity index (χ4v) is 4.12. The minimum Gasteiger partial charge on any atom is -0.497 e. The highest BCUT2D eigenvalue weighted by atomic mass is 32.1. The molecule has 0 bridgehead atoms. The molecule has 34 heavy (non-hydrogen) atoms. The van der Waals surface area contributed by atoms with Gasteiger partial charge in [0, 0.05) is 17.4 Å². The van der Waals surface area contributed by atoms with E-state index in [4.69, 9.17) is 14.2 Å². The molecule has 3 aromatic carbocycles. The molecule has 1 N–H and O–H groups in total. The third kappa shape index (κ3) is 6.14. The molecule has 0 aliphatic rings. The number of carbonyl (C=O) groups is 1. The lowest BCUT2D eigenvalue weighted by Crippen LogP contribution is -2.12. The van der Waals surface area contributed by atoms with Crippen LogP contribution in [0.1, 0.15) is 17.5 Å². The van der Waals surface area contributed by atoms with Gasteiger partial charge in [-0.15, -0.1) is 11.3 Å². The topological polar surface area (TPSA) is 69.7 Å². The average Bonchev–Trinajstić information content (AvgIpc) is 3.35. The first kappa shape index (κ1) is 23.3. The van der Waals surface area contributed by atoms with Crippen LogP contribution in [0, 0.1) is 0 Å². The lowest BCUT2D eigenvalue weighted by Gasteiger charge is -2.12. The highest BCUT2D eigenvalue weighted by Crippen LogP contribution is 2.30. The fourth-order valence-electron chi connectivity index (χ4n) is 3.39. The van der Waals surface area contributed by atoms with Crippen molar-refractivity contribution in [1.82, 2.24) is 4.98 Å². The smallest absolute Gasteiger partial charge is 0.226 e. The van der Waals surface area contributed by atoms with Crippen LogP contribution in [-0.2, 0) is 17.8 Å².